The molecule has 118 valence electrons. The molecule has 22 heavy (non-hydrogen) atoms. The van der Waals surface area contributed by atoms with Crippen molar-refractivity contribution < 1.29 is 18.0 Å². The van der Waals surface area contributed by atoms with Gasteiger partial charge in [-0.25, -0.2) is 4.98 Å². The lowest BCUT2D eigenvalue weighted by atomic mass is 10.00. The Balaban J connectivity index is 2.19. The van der Waals surface area contributed by atoms with Crippen molar-refractivity contribution in [3.05, 3.63) is 41.9 Å². The predicted molar refractivity (Wildman–Crippen MR) is 76.1 cm³/mol. The summed E-state index contributed by atoms with van der Waals surface area (Å²) < 4.78 is 37.6. The van der Waals surface area contributed by atoms with Crippen LogP contribution in [0.1, 0.15) is 30.7 Å². The van der Waals surface area contributed by atoms with Crippen LogP contribution in [0.2, 0.25) is 0 Å². The van der Waals surface area contributed by atoms with Gasteiger partial charge < -0.3 is 15.5 Å². The maximum Gasteiger partial charge on any atom is 0.416 e. The molecular formula is C15H16F3N3O. The van der Waals surface area contributed by atoms with E-state index in [4.69, 9.17) is 5.73 Å². The van der Waals surface area contributed by atoms with Crippen molar-refractivity contribution in [3.8, 4) is 11.3 Å². The normalized spacial score (nSPS) is 14.6. The van der Waals surface area contributed by atoms with Crippen LogP contribution < -0.4 is 5.73 Å². The fourth-order valence-corrected chi connectivity index (χ4v) is 2.07. The number of nitrogens with zero attached hydrogens (tertiary/aromatic N) is 1. The summed E-state index contributed by atoms with van der Waals surface area (Å²) in [5, 5.41) is 0. The van der Waals surface area contributed by atoms with Crippen LogP contribution in [0.15, 0.2) is 30.5 Å². The second-order valence-corrected chi connectivity index (χ2v) is 5.10. The van der Waals surface area contributed by atoms with Crippen LogP contribution in [0.25, 0.3) is 11.3 Å². The Morgan fingerprint density at radius 3 is 2.50 bits per heavy atom. The molecule has 2 aromatic rings. The minimum absolute atomic E-state index is 0.159. The first-order chi connectivity index (χ1) is 10.3. The molecule has 1 aromatic heterocycles. The maximum atomic E-state index is 12.5. The zero-order chi connectivity index (χ0) is 16.3. The molecule has 0 amide bonds. The molecule has 0 aliphatic rings. The number of aromatic nitrogens is 2. The lowest BCUT2D eigenvalue weighted by Crippen LogP contribution is -2.27. The number of nitrogens with two attached hydrogens (primary N) is 1. The largest absolute Gasteiger partial charge is 0.416 e. The molecule has 1 heterocycles. The summed E-state index contributed by atoms with van der Waals surface area (Å²) in [6.07, 6.45) is -1.77. The number of aldehydes is 1. The maximum absolute atomic E-state index is 12.5. The first-order valence-corrected chi connectivity index (χ1v) is 6.75. The van der Waals surface area contributed by atoms with Gasteiger partial charge in [0.05, 0.1) is 11.3 Å². The minimum atomic E-state index is -4.36. The quantitative estimate of drug-likeness (QED) is 0.833. The first-order valence-electron chi connectivity index (χ1n) is 6.75. The monoisotopic (exact) mass is 311 g/mol. The van der Waals surface area contributed by atoms with E-state index in [-0.39, 0.29) is 18.4 Å². The molecule has 0 spiro atoms. The highest BCUT2D eigenvalue weighted by Crippen LogP contribution is 2.31. The lowest BCUT2D eigenvalue weighted by molar-refractivity contribution is -0.137. The smallest absolute Gasteiger partial charge is 0.348 e. The Bertz CT molecular complexity index is 634. The number of nitrogens with one attached hydrogen (secondary N) is 1. The third kappa shape index (κ3) is 3.54. The number of hydrogen-bond acceptors (Lipinski definition) is 3. The van der Waals surface area contributed by atoms with E-state index in [2.05, 4.69) is 9.97 Å². The molecule has 0 fully saturated rings. The van der Waals surface area contributed by atoms with Crippen molar-refractivity contribution in [3.63, 3.8) is 0 Å². The van der Waals surface area contributed by atoms with Crippen LogP contribution in [0.3, 0.4) is 0 Å². The highest BCUT2D eigenvalue weighted by Gasteiger charge is 2.30. The molecule has 4 nitrogen and oxygen atoms in total. The van der Waals surface area contributed by atoms with E-state index in [1.54, 1.807) is 6.20 Å². The van der Waals surface area contributed by atoms with Crippen molar-refractivity contribution in [2.45, 2.75) is 31.5 Å². The van der Waals surface area contributed by atoms with Crippen molar-refractivity contribution in [2.24, 2.45) is 5.73 Å². The van der Waals surface area contributed by atoms with E-state index in [1.807, 2.05) is 6.92 Å². The molecule has 1 aromatic carbocycles. The van der Waals surface area contributed by atoms with Crippen LogP contribution in [0.4, 0.5) is 13.2 Å². The number of hydrogen-bond donors (Lipinski definition) is 2. The van der Waals surface area contributed by atoms with Gasteiger partial charge in [0.2, 0.25) is 0 Å². The number of rotatable bonds is 5. The Morgan fingerprint density at radius 1 is 1.32 bits per heavy atom. The molecule has 0 aliphatic heterocycles. The first kappa shape index (κ1) is 16.2. The summed E-state index contributed by atoms with van der Waals surface area (Å²) in [5.74, 6) is 0.442. The van der Waals surface area contributed by atoms with Gasteiger partial charge in [-0.15, -0.1) is 0 Å². The van der Waals surface area contributed by atoms with Gasteiger partial charge in [-0.3, -0.25) is 0 Å². The molecule has 2 rings (SSSR count). The molecule has 0 radical (unpaired) electrons. The third-order valence-corrected chi connectivity index (χ3v) is 3.55. The molecule has 0 saturated carbocycles. The average molecular weight is 311 g/mol. The number of aromatic amines is 1. The van der Waals surface area contributed by atoms with Crippen molar-refractivity contribution in [2.75, 3.05) is 0 Å². The van der Waals surface area contributed by atoms with Crippen LogP contribution in [-0.2, 0) is 11.0 Å². The van der Waals surface area contributed by atoms with Gasteiger partial charge >= 0.3 is 6.18 Å². The summed E-state index contributed by atoms with van der Waals surface area (Å²) >= 11 is 0. The van der Waals surface area contributed by atoms with Crippen LogP contribution >= 0.6 is 0 Å². The highest BCUT2D eigenvalue weighted by atomic mass is 19.4. The molecule has 2 atom stereocenters. The molecule has 7 heteroatoms. The van der Waals surface area contributed by atoms with Gasteiger partial charge in [0.1, 0.15) is 12.1 Å². The Hall–Kier alpha value is -2.15. The molecule has 0 saturated heterocycles. The number of alkyl halides is 3. The van der Waals surface area contributed by atoms with Crippen molar-refractivity contribution >= 4 is 6.29 Å². The number of benzene rings is 1. The van der Waals surface area contributed by atoms with Crippen LogP contribution in [-0.4, -0.2) is 22.3 Å². The van der Waals surface area contributed by atoms with Gasteiger partial charge in [-0.2, -0.15) is 13.2 Å². The molecule has 1 unspecified atom stereocenters. The fourth-order valence-electron chi connectivity index (χ4n) is 2.07. The van der Waals surface area contributed by atoms with E-state index in [1.165, 1.54) is 12.1 Å². The molecular weight excluding hydrogens is 295 g/mol. The summed E-state index contributed by atoms with van der Waals surface area (Å²) in [6, 6.07) is 4.43. The average Bonchev–Trinajstić information content (AvgIpc) is 2.95. The zero-order valence-electron chi connectivity index (χ0n) is 11.9. The second kappa shape index (κ2) is 6.31. The summed E-state index contributed by atoms with van der Waals surface area (Å²) in [6.45, 7) is 1.84. The summed E-state index contributed by atoms with van der Waals surface area (Å²) in [5.41, 5.74) is 6.27. The van der Waals surface area contributed by atoms with Gasteiger partial charge in [-0.05, 0) is 12.1 Å². The van der Waals surface area contributed by atoms with Gasteiger partial charge in [0.25, 0.3) is 0 Å². The second-order valence-electron chi connectivity index (χ2n) is 5.10. The Morgan fingerprint density at radius 2 is 1.95 bits per heavy atom. The van der Waals surface area contributed by atoms with Crippen molar-refractivity contribution in [1.82, 2.24) is 9.97 Å². The van der Waals surface area contributed by atoms with Crippen molar-refractivity contribution in [1.29, 1.82) is 0 Å². The van der Waals surface area contributed by atoms with E-state index < -0.39 is 11.7 Å². The SMILES string of the molecule is C[C@H](c1nc(-c2ccc(C(F)(F)F)cc2)c[nH]1)C(N)CC=O. The van der Waals surface area contributed by atoms with Gasteiger partial charge in [0, 0.05) is 30.1 Å². The Kier molecular flexibility index (Phi) is 4.65. The van der Waals surface area contributed by atoms with E-state index >= 15 is 0 Å². The molecule has 3 N–H and O–H groups in total. The number of halogens is 3. The minimum Gasteiger partial charge on any atom is -0.348 e. The van der Waals surface area contributed by atoms with Crippen LogP contribution in [0, 0.1) is 0 Å². The number of carbonyl (C=O) groups is 1. The zero-order valence-corrected chi connectivity index (χ0v) is 11.9. The van der Waals surface area contributed by atoms with E-state index in [0.717, 1.165) is 18.4 Å². The Labute approximate surface area is 125 Å². The van der Waals surface area contributed by atoms with Gasteiger partial charge in [-0.1, -0.05) is 19.1 Å². The van der Waals surface area contributed by atoms with E-state index in [9.17, 15) is 18.0 Å². The number of imidazole rings is 1. The summed E-state index contributed by atoms with van der Waals surface area (Å²) in [4.78, 5) is 17.8. The van der Waals surface area contributed by atoms with Gasteiger partial charge in [0.15, 0.2) is 0 Å². The number of carbonyl (C=O) groups excluding carboxylic acids is 1. The highest BCUT2D eigenvalue weighted by molar-refractivity contribution is 5.59. The topological polar surface area (TPSA) is 71.8 Å². The molecule has 0 bridgehead atoms. The predicted octanol–water partition coefficient (Wildman–Crippen LogP) is 3.12. The van der Waals surface area contributed by atoms with E-state index in [0.29, 0.717) is 17.1 Å². The summed E-state index contributed by atoms with van der Waals surface area (Å²) in [7, 11) is 0. The third-order valence-electron chi connectivity index (χ3n) is 3.55. The standard InChI is InChI=1S/C15H16F3N3O/c1-9(12(19)6-7-22)14-20-8-13(21-14)10-2-4-11(5-3-10)15(16,17)18/h2-5,7-9,12H,6,19H2,1H3,(H,20,21)/t9-,12?/m0/s1. The fraction of sp³-hybridized carbons (Fsp3) is 0.333. The number of H-pyrrole nitrogens is 1. The molecule has 0 aliphatic carbocycles. The van der Waals surface area contributed by atoms with Crippen LogP contribution in [0.5, 0.6) is 0 Å². The lowest BCUT2D eigenvalue weighted by Gasteiger charge is -2.14.